The van der Waals surface area contributed by atoms with Crippen LogP contribution in [0.25, 0.3) is 0 Å². The van der Waals surface area contributed by atoms with Gasteiger partial charge in [-0.05, 0) is 43.1 Å². The average molecular weight is 228 g/mol. The van der Waals surface area contributed by atoms with Crippen molar-refractivity contribution < 1.29 is 0 Å². The summed E-state index contributed by atoms with van der Waals surface area (Å²) in [4.78, 5) is 6.48. The summed E-state index contributed by atoms with van der Waals surface area (Å²) < 4.78 is 0. The Labute approximate surface area is 97.1 Å². The van der Waals surface area contributed by atoms with Crippen LogP contribution < -0.4 is 5.73 Å². The van der Waals surface area contributed by atoms with Crippen molar-refractivity contribution in [2.24, 2.45) is 11.7 Å². The maximum absolute atomic E-state index is 5.65. The maximum Gasteiger partial charge on any atom is 0.0271 e. The molecule has 0 bridgehead atoms. The molecule has 0 radical (unpaired) electrons. The summed E-state index contributed by atoms with van der Waals surface area (Å²) in [6, 6.07) is 4.16. The van der Waals surface area contributed by atoms with Gasteiger partial charge in [-0.1, -0.05) is 0 Å². The molecule has 0 aliphatic carbocycles. The van der Waals surface area contributed by atoms with Gasteiger partial charge in [0.1, 0.15) is 0 Å². The minimum Gasteiger partial charge on any atom is -0.330 e. The number of hydrogen-bond donors (Lipinski definition) is 1. The first-order valence-electron chi connectivity index (χ1n) is 5.20. The van der Waals surface area contributed by atoms with Gasteiger partial charge in [-0.2, -0.15) is 0 Å². The number of likely N-dealkylation sites (tertiary alicyclic amines) is 1. The van der Waals surface area contributed by atoms with Crippen molar-refractivity contribution >= 4 is 12.4 Å². The fourth-order valence-corrected chi connectivity index (χ4v) is 2.00. The zero-order valence-electron chi connectivity index (χ0n) is 8.80. The van der Waals surface area contributed by atoms with Crippen LogP contribution in [0.3, 0.4) is 0 Å². The third-order valence-corrected chi connectivity index (χ3v) is 2.86. The Kier molecular flexibility index (Phi) is 5.02. The lowest BCUT2D eigenvalue weighted by Crippen LogP contribution is -2.22. The van der Waals surface area contributed by atoms with Gasteiger partial charge in [-0.3, -0.25) is 9.88 Å². The molecule has 1 aromatic heterocycles. The van der Waals surface area contributed by atoms with Crippen molar-refractivity contribution in [3.63, 3.8) is 0 Å². The number of rotatable bonds is 3. The Balaban J connectivity index is 0.00000112. The smallest absolute Gasteiger partial charge is 0.0271 e. The Morgan fingerprint density at radius 3 is 2.73 bits per heavy atom. The number of halogens is 1. The van der Waals surface area contributed by atoms with Crippen LogP contribution in [0.2, 0.25) is 0 Å². The van der Waals surface area contributed by atoms with Crippen LogP contribution in [0.4, 0.5) is 0 Å². The third kappa shape index (κ3) is 3.45. The molecule has 84 valence electrons. The van der Waals surface area contributed by atoms with Gasteiger partial charge in [0.15, 0.2) is 0 Å². The Bertz CT molecular complexity index is 278. The van der Waals surface area contributed by atoms with E-state index in [4.69, 9.17) is 5.73 Å². The summed E-state index contributed by atoms with van der Waals surface area (Å²) in [5, 5.41) is 0. The van der Waals surface area contributed by atoms with E-state index in [1.54, 1.807) is 0 Å². The fourth-order valence-electron chi connectivity index (χ4n) is 2.00. The second-order valence-electron chi connectivity index (χ2n) is 3.98. The largest absolute Gasteiger partial charge is 0.330 e. The van der Waals surface area contributed by atoms with Gasteiger partial charge in [0.25, 0.3) is 0 Å². The monoisotopic (exact) mass is 227 g/mol. The summed E-state index contributed by atoms with van der Waals surface area (Å²) in [5.41, 5.74) is 7.00. The molecule has 1 saturated heterocycles. The normalized spacial score (nSPS) is 21.3. The average Bonchev–Trinajstić information content (AvgIpc) is 2.67. The van der Waals surface area contributed by atoms with Crippen molar-refractivity contribution in [2.75, 3.05) is 19.6 Å². The van der Waals surface area contributed by atoms with Gasteiger partial charge in [-0.25, -0.2) is 0 Å². The van der Waals surface area contributed by atoms with Crippen molar-refractivity contribution in [2.45, 2.75) is 13.0 Å². The van der Waals surface area contributed by atoms with E-state index in [9.17, 15) is 0 Å². The van der Waals surface area contributed by atoms with Crippen LogP contribution >= 0.6 is 12.4 Å². The predicted molar refractivity (Wildman–Crippen MR) is 63.9 cm³/mol. The lowest BCUT2D eigenvalue weighted by atomic mass is 10.1. The predicted octanol–water partition coefficient (Wildman–Crippen LogP) is 1.28. The molecule has 1 aliphatic heterocycles. The molecule has 2 N–H and O–H groups in total. The van der Waals surface area contributed by atoms with E-state index in [1.807, 2.05) is 12.4 Å². The summed E-state index contributed by atoms with van der Waals surface area (Å²) >= 11 is 0. The number of pyridine rings is 1. The first kappa shape index (κ1) is 12.4. The van der Waals surface area contributed by atoms with E-state index in [0.29, 0.717) is 5.92 Å². The second kappa shape index (κ2) is 6.05. The van der Waals surface area contributed by atoms with Crippen LogP contribution in [0.15, 0.2) is 24.5 Å². The molecule has 0 saturated carbocycles. The maximum atomic E-state index is 5.65. The molecule has 1 aromatic rings. The number of nitrogens with two attached hydrogens (primary N) is 1. The van der Waals surface area contributed by atoms with Gasteiger partial charge in [0.2, 0.25) is 0 Å². The first-order chi connectivity index (χ1) is 6.88. The van der Waals surface area contributed by atoms with Crippen molar-refractivity contribution in [3.05, 3.63) is 30.1 Å². The second-order valence-corrected chi connectivity index (χ2v) is 3.98. The van der Waals surface area contributed by atoms with Gasteiger partial charge in [0.05, 0.1) is 0 Å². The summed E-state index contributed by atoms with van der Waals surface area (Å²) in [5.74, 6) is 0.705. The van der Waals surface area contributed by atoms with Crippen LogP contribution in [0.1, 0.15) is 12.0 Å². The molecule has 3 nitrogen and oxygen atoms in total. The summed E-state index contributed by atoms with van der Waals surface area (Å²) in [7, 11) is 0. The Hall–Kier alpha value is -0.640. The van der Waals surface area contributed by atoms with Gasteiger partial charge in [-0.15, -0.1) is 12.4 Å². The van der Waals surface area contributed by atoms with Gasteiger partial charge in [0, 0.05) is 25.5 Å². The van der Waals surface area contributed by atoms with Gasteiger partial charge < -0.3 is 5.73 Å². The minimum atomic E-state index is 0. The zero-order chi connectivity index (χ0) is 9.80. The molecule has 0 spiro atoms. The molecule has 1 unspecified atom stereocenters. The van der Waals surface area contributed by atoms with Crippen LogP contribution in [0, 0.1) is 5.92 Å². The van der Waals surface area contributed by atoms with E-state index in [1.165, 1.54) is 18.5 Å². The molecular weight excluding hydrogens is 210 g/mol. The van der Waals surface area contributed by atoms with Crippen LogP contribution in [-0.2, 0) is 6.54 Å². The Morgan fingerprint density at radius 2 is 2.13 bits per heavy atom. The minimum absolute atomic E-state index is 0. The highest BCUT2D eigenvalue weighted by atomic mass is 35.5. The molecule has 2 heterocycles. The lowest BCUT2D eigenvalue weighted by molar-refractivity contribution is 0.318. The quantitative estimate of drug-likeness (QED) is 0.846. The molecule has 1 atom stereocenters. The standard InChI is InChI=1S/C11H17N3.ClH/c12-7-11-3-6-14(9-11)8-10-1-4-13-5-2-10;/h1-2,4-5,11H,3,6-9,12H2;1H. The number of hydrogen-bond acceptors (Lipinski definition) is 3. The zero-order valence-corrected chi connectivity index (χ0v) is 9.62. The first-order valence-corrected chi connectivity index (χ1v) is 5.20. The molecule has 4 heteroatoms. The SMILES string of the molecule is Cl.NCC1CCN(Cc2ccncc2)C1. The van der Waals surface area contributed by atoms with Crippen molar-refractivity contribution in [3.8, 4) is 0 Å². The van der Waals surface area contributed by atoms with E-state index >= 15 is 0 Å². The Morgan fingerprint density at radius 1 is 1.40 bits per heavy atom. The number of aromatic nitrogens is 1. The highest BCUT2D eigenvalue weighted by molar-refractivity contribution is 5.85. The van der Waals surface area contributed by atoms with Crippen molar-refractivity contribution in [1.29, 1.82) is 0 Å². The highest BCUT2D eigenvalue weighted by Crippen LogP contribution is 2.16. The van der Waals surface area contributed by atoms with E-state index in [2.05, 4.69) is 22.0 Å². The fraction of sp³-hybridized carbons (Fsp3) is 0.545. The topological polar surface area (TPSA) is 42.1 Å². The highest BCUT2D eigenvalue weighted by Gasteiger charge is 2.20. The van der Waals surface area contributed by atoms with Crippen LogP contribution in [0.5, 0.6) is 0 Å². The van der Waals surface area contributed by atoms with Gasteiger partial charge >= 0.3 is 0 Å². The van der Waals surface area contributed by atoms with E-state index in [-0.39, 0.29) is 12.4 Å². The number of nitrogens with zero attached hydrogens (tertiary/aromatic N) is 2. The lowest BCUT2D eigenvalue weighted by Gasteiger charge is -2.15. The van der Waals surface area contributed by atoms with Crippen molar-refractivity contribution in [1.82, 2.24) is 9.88 Å². The van der Waals surface area contributed by atoms with Crippen LogP contribution in [-0.4, -0.2) is 29.5 Å². The summed E-state index contributed by atoms with van der Waals surface area (Å²) in [6.45, 7) is 4.20. The molecule has 0 amide bonds. The molecule has 1 fully saturated rings. The molecule has 0 aromatic carbocycles. The summed E-state index contributed by atoms with van der Waals surface area (Å²) in [6.07, 6.45) is 4.96. The molecule has 1 aliphatic rings. The van der Waals surface area contributed by atoms with E-state index in [0.717, 1.165) is 19.6 Å². The molecule has 2 rings (SSSR count). The molecule has 15 heavy (non-hydrogen) atoms. The van der Waals surface area contributed by atoms with E-state index < -0.39 is 0 Å². The molecular formula is C11H18ClN3. The third-order valence-electron chi connectivity index (χ3n) is 2.86.